The standard InChI is InChI=1S/C14H26N2O2/c1-3-4-5-6-7-8-9-12(17)10-13-11(2)15-14(18)16-13/h12,17H,3-10H2,1-2H3,(H2,15,16,18). The van der Waals surface area contributed by atoms with Gasteiger partial charge in [-0.1, -0.05) is 45.4 Å². The Labute approximate surface area is 109 Å². The molecule has 0 aliphatic rings. The third kappa shape index (κ3) is 5.54. The van der Waals surface area contributed by atoms with Gasteiger partial charge in [-0.25, -0.2) is 4.98 Å². The van der Waals surface area contributed by atoms with Gasteiger partial charge in [-0.3, -0.25) is 0 Å². The number of rotatable bonds is 9. The highest BCUT2D eigenvalue weighted by Crippen LogP contribution is 2.15. The molecule has 1 rings (SSSR count). The van der Waals surface area contributed by atoms with E-state index in [1.165, 1.54) is 32.1 Å². The van der Waals surface area contributed by atoms with Gasteiger partial charge < -0.3 is 15.2 Å². The fourth-order valence-corrected chi connectivity index (χ4v) is 2.18. The lowest BCUT2D eigenvalue weighted by Gasteiger charge is -2.09. The normalized spacial score (nSPS) is 12.8. The van der Waals surface area contributed by atoms with Crippen molar-refractivity contribution >= 4 is 0 Å². The minimum absolute atomic E-state index is 0.0609. The summed E-state index contributed by atoms with van der Waals surface area (Å²) in [6.45, 7) is 4.05. The van der Waals surface area contributed by atoms with E-state index in [1.54, 1.807) is 0 Å². The number of hydrogen-bond acceptors (Lipinski definition) is 3. The van der Waals surface area contributed by atoms with E-state index >= 15 is 0 Å². The fourth-order valence-electron chi connectivity index (χ4n) is 2.18. The van der Waals surface area contributed by atoms with E-state index in [1.807, 2.05) is 6.92 Å². The summed E-state index contributed by atoms with van der Waals surface area (Å²) in [6, 6.07) is -0.0609. The summed E-state index contributed by atoms with van der Waals surface area (Å²) in [5.41, 5.74) is 1.61. The number of aromatic amines is 1. The number of aliphatic hydroxyl groups excluding tert-OH is 1. The van der Waals surface area contributed by atoms with Crippen LogP contribution in [0, 0.1) is 6.92 Å². The number of nitrogens with one attached hydrogen (secondary N) is 1. The fraction of sp³-hybridized carbons (Fsp3) is 0.786. The Balaban J connectivity index is 2.14. The van der Waals surface area contributed by atoms with Crippen molar-refractivity contribution in [3.8, 4) is 6.01 Å². The molecule has 0 saturated heterocycles. The van der Waals surface area contributed by atoms with Gasteiger partial charge in [0.15, 0.2) is 0 Å². The van der Waals surface area contributed by atoms with E-state index in [0.717, 1.165) is 24.2 Å². The molecule has 1 aromatic heterocycles. The Kier molecular flexibility index (Phi) is 6.80. The molecule has 0 aromatic carbocycles. The van der Waals surface area contributed by atoms with Gasteiger partial charge in [-0.15, -0.1) is 0 Å². The maximum Gasteiger partial charge on any atom is 0.291 e. The first-order valence-corrected chi connectivity index (χ1v) is 7.06. The van der Waals surface area contributed by atoms with Crippen LogP contribution in [0.1, 0.15) is 63.3 Å². The van der Waals surface area contributed by atoms with Crippen LogP contribution >= 0.6 is 0 Å². The van der Waals surface area contributed by atoms with Gasteiger partial charge in [0.25, 0.3) is 6.01 Å². The lowest BCUT2D eigenvalue weighted by atomic mass is 10.0. The number of aliphatic hydroxyl groups is 1. The maximum absolute atomic E-state index is 9.91. The van der Waals surface area contributed by atoms with Gasteiger partial charge >= 0.3 is 0 Å². The number of H-pyrrole nitrogens is 1. The summed E-state index contributed by atoms with van der Waals surface area (Å²) in [6.07, 6.45) is 8.47. The predicted molar refractivity (Wildman–Crippen MR) is 72.7 cm³/mol. The highest BCUT2D eigenvalue weighted by atomic mass is 16.3. The largest absolute Gasteiger partial charge is 0.480 e. The predicted octanol–water partition coefficient (Wildman–Crippen LogP) is 3.08. The summed E-state index contributed by atoms with van der Waals surface area (Å²) < 4.78 is 0. The second-order valence-electron chi connectivity index (χ2n) is 5.04. The van der Waals surface area contributed by atoms with E-state index < -0.39 is 0 Å². The molecule has 0 fully saturated rings. The number of unbranched alkanes of at least 4 members (excludes halogenated alkanes) is 5. The van der Waals surface area contributed by atoms with Crippen LogP contribution < -0.4 is 0 Å². The number of hydrogen-bond donors (Lipinski definition) is 3. The lowest BCUT2D eigenvalue weighted by molar-refractivity contribution is 0.159. The van der Waals surface area contributed by atoms with E-state index in [4.69, 9.17) is 0 Å². The molecule has 0 saturated carbocycles. The van der Waals surface area contributed by atoms with Crippen LogP contribution in [0.5, 0.6) is 6.01 Å². The first-order valence-electron chi connectivity index (χ1n) is 7.06. The third-order valence-corrected chi connectivity index (χ3v) is 3.30. The summed E-state index contributed by atoms with van der Waals surface area (Å²) in [5.74, 6) is 0. The SMILES string of the molecule is CCCCCCCCC(O)Cc1[nH]c(O)nc1C. The zero-order valence-corrected chi connectivity index (χ0v) is 11.6. The minimum Gasteiger partial charge on any atom is -0.480 e. The van der Waals surface area contributed by atoms with Crippen LogP contribution in [0.25, 0.3) is 0 Å². The van der Waals surface area contributed by atoms with E-state index in [9.17, 15) is 10.2 Å². The van der Waals surface area contributed by atoms with Crippen molar-refractivity contribution in [1.29, 1.82) is 0 Å². The molecule has 104 valence electrons. The van der Waals surface area contributed by atoms with Gasteiger partial charge in [0.05, 0.1) is 11.8 Å². The van der Waals surface area contributed by atoms with Crippen LogP contribution in [-0.2, 0) is 6.42 Å². The molecule has 0 bridgehead atoms. The summed E-state index contributed by atoms with van der Waals surface area (Å²) in [7, 11) is 0. The molecule has 0 spiro atoms. The monoisotopic (exact) mass is 254 g/mol. The van der Waals surface area contributed by atoms with Crippen LogP contribution in [0.2, 0.25) is 0 Å². The number of aromatic nitrogens is 2. The van der Waals surface area contributed by atoms with Crippen molar-refractivity contribution in [2.24, 2.45) is 0 Å². The highest BCUT2D eigenvalue weighted by molar-refractivity contribution is 5.15. The second-order valence-corrected chi connectivity index (χ2v) is 5.04. The zero-order chi connectivity index (χ0) is 13.4. The topological polar surface area (TPSA) is 69.1 Å². The molecular formula is C14H26N2O2. The Morgan fingerprint density at radius 1 is 1.17 bits per heavy atom. The molecule has 4 nitrogen and oxygen atoms in total. The number of aromatic hydroxyl groups is 1. The molecule has 4 heteroatoms. The molecule has 0 aliphatic carbocycles. The van der Waals surface area contributed by atoms with Crippen molar-refractivity contribution in [2.75, 3.05) is 0 Å². The quantitative estimate of drug-likeness (QED) is 0.593. The van der Waals surface area contributed by atoms with E-state index in [0.29, 0.717) is 6.42 Å². The highest BCUT2D eigenvalue weighted by Gasteiger charge is 2.11. The molecule has 3 N–H and O–H groups in total. The van der Waals surface area contributed by atoms with Crippen molar-refractivity contribution in [1.82, 2.24) is 9.97 Å². The molecule has 0 amide bonds. The van der Waals surface area contributed by atoms with E-state index in [-0.39, 0.29) is 12.1 Å². The molecule has 0 radical (unpaired) electrons. The van der Waals surface area contributed by atoms with Gasteiger partial charge in [0, 0.05) is 12.1 Å². The maximum atomic E-state index is 9.91. The Morgan fingerprint density at radius 2 is 1.83 bits per heavy atom. The van der Waals surface area contributed by atoms with Crippen molar-refractivity contribution in [3.63, 3.8) is 0 Å². The first-order chi connectivity index (χ1) is 8.63. The average Bonchev–Trinajstić information content (AvgIpc) is 2.62. The average molecular weight is 254 g/mol. The van der Waals surface area contributed by atoms with Crippen LogP contribution in [0.4, 0.5) is 0 Å². The van der Waals surface area contributed by atoms with Gasteiger partial charge in [0.1, 0.15) is 0 Å². The molecule has 1 aromatic rings. The van der Waals surface area contributed by atoms with Crippen molar-refractivity contribution in [2.45, 2.75) is 71.3 Å². The molecule has 0 aliphatic heterocycles. The van der Waals surface area contributed by atoms with Crippen LogP contribution in [-0.4, -0.2) is 26.3 Å². The Hall–Kier alpha value is -1.03. The molecule has 1 atom stereocenters. The van der Waals surface area contributed by atoms with Crippen molar-refractivity contribution < 1.29 is 10.2 Å². The minimum atomic E-state index is -0.338. The number of imidazole rings is 1. The molecule has 1 heterocycles. The second kappa shape index (κ2) is 8.14. The number of aryl methyl sites for hydroxylation is 1. The summed E-state index contributed by atoms with van der Waals surface area (Å²) in [4.78, 5) is 6.66. The number of nitrogens with zero attached hydrogens (tertiary/aromatic N) is 1. The van der Waals surface area contributed by atoms with Crippen LogP contribution in [0.15, 0.2) is 0 Å². The van der Waals surface area contributed by atoms with Gasteiger partial charge in [-0.2, -0.15) is 0 Å². The first kappa shape index (κ1) is 15.0. The summed E-state index contributed by atoms with van der Waals surface area (Å²) in [5, 5.41) is 19.1. The third-order valence-electron chi connectivity index (χ3n) is 3.30. The summed E-state index contributed by atoms with van der Waals surface area (Å²) >= 11 is 0. The Bertz CT molecular complexity index is 337. The zero-order valence-electron chi connectivity index (χ0n) is 11.6. The smallest absolute Gasteiger partial charge is 0.291 e. The van der Waals surface area contributed by atoms with Gasteiger partial charge in [0.2, 0.25) is 0 Å². The van der Waals surface area contributed by atoms with E-state index in [2.05, 4.69) is 16.9 Å². The Morgan fingerprint density at radius 3 is 2.44 bits per heavy atom. The molecule has 1 unspecified atom stereocenters. The van der Waals surface area contributed by atoms with Crippen LogP contribution in [0.3, 0.4) is 0 Å². The van der Waals surface area contributed by atoms with Gasteiger partial charge in [-0.05, 0) is 13.3 Å². The molecule has 18 heavy (non-hydrogen) atoms. The lowest BCUT2D eigenvalue weighted by Crippen LogP contribution is -2.11. The van der Waals surface area contributed by atoms with Crippen molar-refractivity contribution in [3.05, 3.63) is 11.4 Å². The molecular weight excluding hydrogens is 228 g/mol.